The zero-order chi connectivity index (χ0) is 19.3. The summed E-state index contributed by atoms with van der Waals surface area (Å²) in [5, 5.41) is 2.00. The van der Waals surface area contributed by atoms with Gasteiger partial charge in [-0.2, -0.15) is 0 Å². The Labute approximate surface area is 163 Å². The molecule has 4 aromatic carbocycles. The second-order valence-corrected chi connectivity index (χ2v) is 6.43. The lowest BCUT2D eigenvalue weighted by atomic mass is 10.0. The number of benzene rings is 4. The number of methoxy groups -OCH3 is 1. The Morgan fingerprint density at radius 3 is 1.89 bits per heavy atom. The molecule has 0 aliphatic rings. The molecule has 0 N–H and O–H groups in total. The minimum Gasteiger partial charge on any atom is -0.465 e. The largest absolute Gasteiger partial charge is 0.465 e. The Morgan fingerprint density at radius 1 is 0.679 bits per heavy atom. The van der Waals surface area contributed by atoms with Crippen molar-refractivity contribution in [3.05, 3.63) is 114 Å². The molecule has 0 aromatic heterocycles. The molecule has 136 valence electrons. The maximum absolute atomic E-state index is 11.8. The molecule has 0 amide bonds. The number of hydrogen-bond acceptors (Lipinski definition) is 3. The number of rotatable bonds is 4. The van der Waals surface area contributed by atoms with Gasteiger partial charge in [0.2, 0.25) is 0 Å². The molecule has 0 radical (unpaired) electrons. The van der Waals surface area contributed by atoms with Gasteiger partial charge in [-0.15, -0.1) is 0 Å². The van der Waals surface area contributed by atoms with Crippen LogP contribution in [-0.4, -0.2) is 18.8 Å². The Morgan fingerprint density at radius 2 is 1.29 bits per heavy atom. The van der Waals surface area contributed by atoms with Crippen LogP contribution < -0.4 is 0 Å². The molecular weight excluding hydrogens is 346 g/mol. The third-order valence-corrected chi connectivity index (χ3v) is 4.58. The van der Waals surface area contributed by atoms with Gasteiger partial charge in [-0.05, 0) is 35.0 Å². The first-order valence-electron chi connectivity index (χ1n) is 9.06. The summed E-state index contributed by atoms with van der Waals surface area (Å²) in [5.41, 5.74) is 4.37. The molecule has 0 aliphatic carbocycles. The van der Waals surface area contributed by atoms with Crippen LogP contribution in [0.5, 0.6) is 0 Å². The van der Waals surface area contributed by atoms with Crippen molar-refractivity contribution in [3.63, 3.8) is 0 Å². The van der Waals surface area contributed by atoms with Gasteiger partial charge in [0.15, 0.2) is 0 Å². The van der Waals surface area contributed by atoms with Gasteiger partial charge in [0.25, 0.3) is 0 Å². The number of esters is 1. The lowest BCUT2D eigenvalue weighted by Gasteiger charge is -2.08. The van der Waals surface area contributed by atoms with Crippen LogP contribution >= 0.6 is 0 Å². The Bertz CT molecular complexity index is 1110. The van der Waals surface area contributed by atoms with Crippen molar-refractivity contribution < 1.29 is 9.53 Å². The van der Waals surface area contributed by atoms with Gasteiger partial charge in [0.1, 0.15) is 0 Å². The summed E-state index contributed by atoms with van der Waals surface area (Å²) in [6.07, 6.45) is 0. The highest BCUT2D eigenvalue weighted by Crippen LogP contribution is 2.25. The molecular formula is C25H19NO2. The maximum Gasteiger partial charge on any atom is 0.337 e. The zero-order valence-electron chi connectivity index (χ0n) is 15.5. The van der Waals surface area contributed by atoms with E-state index in [9.17, 15) is 4.79 Å². The molecule has 0 bridgehead atoms. The van der Waals surface area contributed by atoms with E-state index in [1.54, 1.807) is 6.07 Å². The van der Waals surface area contributed by atoms with Gasteiger partial charge in [-0.25, -0.2) is 9.79 Å². The fourth-order valence-electron chi connectivity index (χ4n) is 3.17. The van der Waals surface area contributed by atoms with Crippen molar-refractivity contribution in [3.8, 4) is 0 Å². The number of carbonyl (C=O) groups excluding carboxylic acids is 1. The van der Waals surface area contributed by atoms with E-state index in [2.05, 4.69) is 24.3 Å². The average molecular weight is 365 g/mol. The molecule has 4 aromatic rings. The number of aliphatic imine (C=N–C) groups is 1. The van der Waals surface area contributed by atoms with Crippen LogP contribution in [0.1, 0.15) is 21.5 Å². The molecule has 4 rings (SSSR count). The van der Waals surface area contributed by atoms with E-state index >= 15 is 0 Å². The van der Waals surface area contributed by atoms with E-state index < -0.39 is 0 Å². The summed E-state index contributed by atoms with van der Waals surface area (Å²) >= 11 is 0. The van der Waals surface area contributed by atoms with Crippen LogP contribution in [0, 0.1) is 0 Å². The first kappa shape index (κ1) is 17.7. The molecule has 3 heteroatoms. The minimum absolute atomic E-state index is 0.343. The average Bonchev–Trinajstić information content (AvgIpc) is 2.77. The summed E-state index contributed by atoms with van der Waals surface area (Å²) in [7, 11) is 1.39. The summed E-state index contributed by atoms with van der Waals surface area (Å²) in [6, 6.07) is 31.8. The van der Waals surface area contributed by atoms with Crippen molar-refractivity contribution in [1.82, 2.24) is 0 Å². The third kappa shape index (κ3) is 3.69. The lowest BCUT2D eigenvalue weighted by molar-refractivity contribution is 0.0601. The van der Waals surface area contributed by atoms with Crippen LogP contribution in [0.4, 0.5) is 5.69 Å². The van der Waals surface area contributed by atoms with Gasteiger partial charge >= 0.3 is 5.97 Å². The van der Waals surface area contributed by atoms with E-state index in [1.807, 2.05) is 66.7 Å². The molecule has 3 nitrogen and oxygen atoms in total. The summed E-state index contributed by atoms with van der Waals surface area (Å²) in [5.74, 6) is -0.343. The standard InChI is InChI=1S/C25H19NO2/c1-28-25(27)21-13-12-18-14-15-23(17-22(18)16-21)26-24(19-8-4-2-5-9-19)20-10-6-3-7-11-20/h2-17H,1H3. The number of fused-ring (bicyclic) bond motifs is 1. The van der Waals surface area contributed by atoms with Gasteiger partial charge in [-0.1, -0.05) is 72.8 Å². The van der Waals surface area contributed by atoms with Crippen LogP contribution in [0.2, 0.25) is 0 Å². The maximum atomic E-state index is 11.8. The van der Waals surface area contributed by atoms with Gasteiger partial charge < -0.3 is 4.74 Å². The fourth-order valence-corrected chi connectivity index (χ4v) is 3.17. The highest BCUT2D eigenvalue weighted by atomic mass is 16.5. The monoisotopic (exact) mass is 365 g/mol. The van der Waals surface area contributed by atoms with Crippen molar-refractivity contribution >= 4 is 28.1 Å². The summed E-state index contributed by atoms with van der Waals surface area (Å²) in [4.78, 5) is 16.8. The number of ether oxygens (including phenoxy) is 1. The Kier molecular flexibility index (Phi) is 4.98. The third-order valence-electron chi connectivity index (χ3n) is 4.58. The highest BCUT2D eigenvalue weighted by molar-refractivity contribution is 6.14. The van der Waals surface area contributed by atoms with Crippen LogP contribution in [-0.2, 0) is 4.74 Å². The summed E-state index contributed by atoms with van der Waals surface area (Å²) in [6.45, 7) is 0. The van der Waals surface area contributed by atoms with Crippen molar-refractivity contribution in [2.24, 2.45) is 4.99 Å². The second kappa shape index (κ2) is 7.89. The Hall–Kier alpha value is -3.72. The molecule has 0 fully saturated rings. The smallest absolute Gasteiger partial charge is 0.337 e. The molecule has 0 saturated heterocycles. The van der Waals surface area contributed by atoms with Crippen LogP contribution in [0.3, 0.4) is 0 Å². The van der Waals surface area contributed by atoms with E-state index in [0.717, 1.165) is 33.3 Å². The normalized spacial score (nSPS) is 10.5. The number of carbonyl (C=O) groups is 1. The van der Waals surface area contributed by atoms with Gasteiger partial charge in [0, 0.05) is 11.1 Å². The van der Waals surface area contributed by atoms with Gasteiger partial charge in [-0.3, -0.25) is 0 Å². The molecule has 0 spiro atoms. The number of nitrogens with zero attached hydrogens (tertiary/aromatic N) is 1. The van der Waals surface area contributed by atoms with E-state index in [0.29, 0.717) is 5.56 Å². The molecule has 0 unspecified atom stereocenters. The molecule has 0 heterocycles. The quantitative estimate of drug-likeness (QED) is 0.339. The van der Waals surface area contributed by atoms with Crippen molar-refractivity contribution in [2.45, 2.75) is 0 Å². The Balaban J connectivity index is 1.83. The number of hydrogen-bond donors (Lipinski definition) is 0. The second-order valence-electron chi connectivity index (χ2n) is 6.43. The fraction of sp³-hybridized carbons (Fsp3) is 0.0400. The predicted molar refractivity (Wildman–Crippen MR) is 113 cm³/mol. The molecule has 0 aliphatic heterocycles. The van der Waals surface area contributed by atoms with E-state index in [-0.39, 0.29) is 5.97 Å². The van der Waals surface area contributed by atoms with Crippen molar-refractivity contribution in [2.75, 3.05) is 7.11 Å². The van der Waals surface area contributed by atoms with Crippen LogP contribution in [0.25, 0.3) is 10.8 Å². The van der Waals surface area contributed by atoms with Crippen LogP contribution in [0.15, 0.2) is 102 Å². The molecule has 0 atom stereocenters. The zero-order valence-corrected chi connectivity index (χ0v) is 15.5. The highest BCUT2D eigenvalue weighted by Gasteiger charge is 2.09. The topological polar surface area (TPSA) is 38.7 Å². The first-order valence-corrected chi connectivity index (χ1v) is 9.06. The minimum atomic E-state index is -0.343. The van der Waals surface area contributed by atoms with E-state index in [1.165, 1.54) is 7.11 Å². The summed E-state index contributed by atoms with van der Waals surface area (Å²) < 4.78 is 4.83. The molecule has 28 heavy (non-hydrogen) atoms. The van der Waals surface area contributed by atoms with Crippen molar-refractivity contribution in [1.29, 1.82) is 0 Å². The van der Waals surface area contributed by atoms with E-state index in [4.69, 9.17) is 9.73 Å². The lowest BCUT2D eigenvalue weighted by Crippen LogP contribution is -2.02. The SMILES string of the molecule is COC(=O)c1ccc2ccc(N=C(c3ccccc3)c3ccccc3)cc2c1. The molecule has 0 saturated carbocycles. The first-order chi connectivity index (χ1) is 13.7. The van der Waals surface area contributed by atoms with Gasteiger partial charge in [0.05, 0.1) is 24.1 Å². The predicted octanol–water partition coefficient (Wildman–Crippen LogP) is 5.80.